The van der Waals surface area contributed by atoms with E-state index in [1.807, 2.05) is 0 Å². The van der Waals surface area contributed by atoms with E-state index in [1.54, 1.807) is 6.92 Å². The Morgan fingerprint density at radius 1 is 0.917 bits per heavy atom. The number of halogens is 3. The summed E-state index contributed by atoms with van der Waals surface area (Å²) in [5.74, 6) is -4.42. The van der Waals surface area contributed by atoms with Gasteiger partial charge in [0, 0.05) is 18.5 Å². The zero-order chi connectivity index (χ0) is 25.9. The summed E-state index contributed by atoms with van der Waals surface area (Å²) in [5, 5.41) is -0.232. The maximum Gasteiger partial charge on any atom is 0.453 e. The van der Waals surface area contributed by atoms with E-state index in [1.165, 1.54) is 54.9 Å². The largest absolute Gasteiger partial charge is 0.462 e. The molecule has 0 radical (unpaired) electrons. The topological polar surface area (TPSA) is 105 Å². The first-order valence-corrected chi connectivity index (χ1v) is 10.4. The van der Waals surface area contributed by atoms with Gasteiger partial charge in [0.15, 0.2) is 0 Å². The second-order valence-electron chi connectivity index (χ2n) is 7.22. The molecule has 0 aliphatic rings. The first kappa shape index (κ1) is 24.5. The van der Waals surface area contributed by atoms with E-state index in [9.17, 15) is 27.6 Å². The van der Waals surface area contributed by atoms with Crippen molar-refractivity contribution in [2.45, 2.75) is 13.1 Å². The van der Waals surface area contributed by atoms with E-state index in [2.05, 4.69) is 4.98 Å². The molecule has 0 amide bonds. The summed E-state index contributed by atoms with van der Waals surface area (Å²) in [6.45, 7) is 1.77. The van der Waals surface area contributed by atoms with Crippen LogP contribution in [-0.2, 0) is 10.9 Å². The highest BCUT2D eigenvalue weighted by Gasteiger charge is 2.40. The average Bonchev–Trinajstić information content (AvgIpc) is 2.86. The first-order valence-electron chi connectivity index (χ1n) is 10.4. The highest BCUT2D eigenvalue weighted by atomic mass is 19.4. The van der Waals surface area contributed by atoms with Gasteiger partial charge in [-0.1, -0.05) is 0 Å². The quantitative estimate of drug-likeness (QED) is 0.257. The lowest BCUT2D eigenvalue weighted by Crippen LogP contribution is -2.15. The number of hydrogen-bond donors (Lipinski definition) is 0. The van der Waals surface area contributed by atoms with E-state index < -0.39 is 40.6 Å². The minimum Gasteiger partial charge on any atom is -0.462 e. The van der Waals surface area contributed by atoms with Gasteiger partial charge in [-0.05, 0) is 55.5 Å². The zero-order valence-electron chi connectivity index (χ0n) is 18.5. The average molecular weight is 499 g/mol. The van der Waals surface area contributed by atoms with Crippen LogP contribution in [-0.4, -0.2) is 23.5 Å². The summed E-state index contributed by atoms with van der Waals surface area (Å²) in [5.41, 5.74) is -1.23. The Balaban J connectivity index is 1.70. The Morgan fingerprint density at radius 2 is 1.56 bits per heavy atom. The van der Waals surface area contributed by atoms with E-state index in [-0.39, 0.29) is 34.6 Å². The van der Waals surface area contributed by atoms with Crippen LogP contribution in [0.15, 0.2) is 76.2 Å². The van der Waals surface area contributed by atoms with E-state index in [4.69, 9.17) is 18.6 Å². The van der Waals surface area contributed by atoms with Crippen molar-refractivity contribution < 1.29 is 41.4 Å². The molecule has 8 nitrogen and oxygen atoms in total. The maximum atomic E-state index is 13.8. The van der Waals surface area contributed by atoms with E-state index >= 15 is 0 Å². The molecule has 0 aliphatic carbocycles. The molecule has 0 saturated heterocycles. The van der Waals surface area contributed by atoms with Gasteiger partial charge in [-0.25, -0.2) is 9.59 Å². The summed E-state index contributed by atoms with van der Waals surface area (Å²) >= 11 is 0. The molecule has 36 heavy (non-hydrogen) atoms. The third-order valence-corrected chi connectivity index (χ3v) is 4.79. The third-order valence-electron chi connectivity index (χ3n) is 4.79. The summed E-state index contributed by atoms with van der Waals surface area (Å²) in [7, 11) is 0. The smallest absolute Gasteiger partial charge is 0.453 e. The number of rotatable bonds is 6. The molecule has 2 aromatic heterocycles. The van der Waals surface area contributed by atoms with Gasteiger partial charge in [0.25, 0.3) is 5.76 Å². The zero-order valence-corrected chi connectivity index (χ0v) is 18.5. The molecule has 2 heterocycles. The number of nitrogens with zero attached hydrogens (tertiary/aromatic N) is 1. The van der Waals surface area contributed by atoms with Crippen LogP contribution in [0.3, 0.4) is 0 Å². The van der Waals surface area contributed by atoms with Crippen LogP contribution in [0.4, 0.5) is 13.2 Å². The molecule has 0 saturated carbocycles. The molecular weight excluding hydrogens is 483 g/mol. The van der Waals surface area contributed by atoms with Crippen molar-refractivity contribution in [3.05, 3.63) is 94.1 Å². The lowest BCUT2D eigenvalue weighted by Gasteiger charge is -2.14. The van der Waals surface area contributed by atoms with Crippen molar-refractivity contribution >= 4 is 22.9 Å². The molecule has 0 N–H and O–H groups in total. The van der Waals surface area contributed by atoms with Gasteiger partial charge in [0.1, 0.15) is 17.1 Å². The summed E-state index contributed by atoms with van der Waals surface area (Å²) in [4.78, 5) is 40.7. The van der Waals surface area contributed by atoms with Crippen LogP contribution in [0.25, 0.3) is 11.0 Å². The van der Waals surface area contributed by atoms with E-state index in [0.717, 1.165) is 12.1 Å². The standard InChI is InChI=1S/C25H16F3NO7/c1-2-33-23(31)14-3-5-16(6-4-14)34-21-20(30)18-8-7-17(13-19(18)36-22(21)25(26,27)28)35-24(32)15-9-11-29-12-10-15/h3-13H,2H2,1H3. The normalized spacial score (nSPS) is 11.2. The van der Waals surface area contributed by atoms with Gasteiger partial charge in [-0.3, -0.25) is 9.78 Å². The molecule has 0 aliphatic heterocycles. The SMILES string of the molecule is CCOC(=O)c1ccc(Oc2c(C(F)(F)F)oc3cc(OC(=O)c4ccncc4)ccc3c2=O)cc1. The van der Waals surface area contributed by atoms with Crippen molar-refractivity contribution in [1.29, 1.82) is 0 Å². The summed E-state index contributed by atoms with van der Waals surface area (Å²) < 4.78 is 61.6. The maximum absolute atomic E-state index is 13.8. The highest BCUT2D eigenvalue weighted by Crippen LogP contribution is 2.38. The van der Waals surface area contributed by atoms with Gasteiger partial charge in [0.2, 0.25) is 11.2 Å². The van der Waals surface area contributed by atoms with Crippen molar-refractivity contribution in [2.75, 3.05) is 6.61 Å². The van der Waals surface area contributed by atoms with Gasteiger partial charge in [-0.2, -0.15) is 13.2 Å². The number of benzene rings is 2. The van der Waals surface area contributed by atoms with Crippen LogP contribution >= 0.6 is 0 Å². The molecule has 2 aromatic carbocycles. The lowest BCUT2D eigenvalue weighted by atomic mass is 10.2. The Bertz CT molecular complexity index is 1480. The second kappa shape index (κ2) is 9.90. The molecular formula is C25H16F3NO7. The number of alkyl halides is 3. The number of carbonyl (C=O) groups excluding carboxylic acids is 2. The van der Waals surface area contributed by atoms with Crippen molar-refractivity contribution in [2.24, 2.45) is 0 Å². The van der Waals surface area contributed by atoms with Crippen LogP contribution in [0.1, 0.15) is 33.4 Å². The molecule has 4 aromatic rings. The monoisotopic (exact) mass is 499 g/mol. The van der Waals surface area contributed by atoms with Crippen molar-refractivity contribution in [3.63, 3.8) is 0 Å². The lowest BCUT2D eigenvalue weighted by molar-refractivity contribution is -0.154. The van der Waals surface area contributed by atoms with Crippen LogP contribution in [0, 0.1) is 0 Å². The Hall–Kier alpha value is -4.67. The second-order valence-corrected chi connectivity index (χ2v) is 7.22. The summed E-state index contributed by atoms with van der Waals surface area (Å²) in [6, 6.07) is 11.2. The fourth-order valence-corrected chi connectivity index (χ4v) is 3.14. The Morgan fingerprint density at radius 3 is 2.19 bits per heavy atom. The Labute approximate surface area is 200 Å². The number of aromatic nitrogens is 1. The molecule has 0 bridgehead atoms. The van der Waals surface area contributed by atoms with Gasteiger partial charge in [0.05, 0.1) is 23.1 Å². The van der Waals surface area contributed by atoms with Crippen LogP contribution in [0.5, 0.6) is 17.2 Å². The van der Waals surface area contributed by atoms with Crippen LogP contribution < -0.4 is 14.9 Å². The Kier molecular flexibility index (Phi) is 6.73. The fourth-order valence-electron chi connectivity index (χ4n) is 3.14. The molecule has 0 atom stereocenters. The first-order chi connectivity index (χ1) is 17.2. The molecule has 0 unspecified atom stereocenters. The van der Waals surface area contributed by atoms with Gasteiger partial charge in [-0.15, -0.1) is 0 Å². The third kappa shape index (κ3) is 5.19. The van der Waals surface area contributed by atoms with Crippen LogP contribution in [0.2, 0.25) is 0 Å². The number of hydrogen-bond acceptors (Lipinski definition) is 8. The molecule has 0 fully saturated rings. The minimum atomic E-state index is -5.09. The number of esters is 2. The van der Waals surface area contributed by atoms with Gasteiger partial charge >= 0.3 is 18.1 Å². The number of pyridine rings is 1. The summed E-state index contributed by atoms with van der Waals surface area (Å²) in [6.07, 6.45) is -2.34. The molecule has 4 rings (SSSR count). The van der Waals surface area contributed by atoms with E-state index in [0.29, 0.717) is 0 Å². The molecule has 184 valence electrons. The predicted molar refractivity (Wildman–Crippen MR) is 119 cm³/mol. The fraction of sp³-hybridized carbons (Fsp3) is 0.120. The van der Waals surface area contributed by atoms with Crippen molar-refractivity contribution in [1.82, 2.24) is 4.98 Å². The van der Waals surface area contributed by atoms with Gasteiger partial charge < -0.3 is 18.6 Å². The van der Waals surface area contributed by atoms with Crippen molar-refractivity contribution in [3.8, 4) is 17.2 Å². The molecule has 0 spiro atoms. The number of fused-ring (bicyclic) bond motifs is 1. The predicted octanol–water partition coefficient (Wildman–Crippen LogP) is 5.40. The number of ether oxygens (including phenoxy) is 3. The molecule has 11 heteroatoms. The highest BCUT2D eigenvalue weighted by molar-refractivity contribution is 5.91. The minimum absolute atomic E-state index is 0.135. The number of carbonyl (C=O) groups is 2.